The van der Waals surface area contributed by atoms with Crippen LogP contribution in [0.15, 0.2) is 18.2 Å². The second kappa shape index (κ2) is 3.96. The lowest BCUT2D eigenvalue weighted by molar-refractivity contribution is -0.301. The minimum atomic E-state index is -4.51. The summed E-state index contributed by atoms with van der Waals surface area (Å²) in [4.78, 5) is 0. The summed E-state index contributed by atoms with van der Waals surface area (Å²) in [5, 5.41) is 0. The first kappa shape index (κ1) is 12.8. The standard InChI is InChI=1S/C11H12F4O/c1-7-4-5-9(8(2)6-7)16-11(14,15)10(3,12)13/h4-6H,1-3H3. The SMILES string of the molecule is Cc1ccc(OC(F)(F)C(C)(F)F)c(C)c1. The van der Waals surface area contributed by atoms with Crippen LogP contribution < -0.4 is 4.74 Å². The lowest BCUT2D eigenvalue weighted by Gasteiger charge is -2.24. The number of alkyl halides is 4. The molecule has 0 radical (unpaired) electrons. The first-order chi connectivity index (χ1) is 7.13. The largest absolute Gasteiger partial charge is 0.463 e. The van der Waals surface area contributed by atoms with Gasteiger partial charge in [0.1, 0.15) is 5.75 Å². The van der Waals surface area contributed by atoms with E-state index < -0.39 is 12.0 Å². The van der Waals surface area contributed by atoms with Gasteiger partial charge in [-0.2, -0.15) is 17.6 Å². The van der Waals surface area contributed by atoms with E-state index in [2.05, 4.69) is 4.74 Å². The van der Waals surface area contributed by atoms with Crippen LogP contribution in [0.3, 0.4) is 0 Å². The van der Waals surface area contributed by atoms with Gasteiger partial charge in [0.05, 0.1) is 0 Å². The quantitative estimate of drug-likeness (QED) is 0.722. The lowest BCUT2D eigenvalue weighted by atomic mass is 10.1. The molecule has 0 N–H and O–H groups in total. The molecule has 0 aromatic heterocycles. The van der Waals surface area contributed by atoms with Gasteiger partial charge >= 0.3 is 12.0 Å². The minimum Gasteiger partial charge on any atom is -0.428 e. The number of halogens is 4. The Balaban J connectivity index is 2.97. The van der Waals surface area contributed by atoms with Gasteiger partial charge in [-0.3, -0.25) is 0 Å². The van der Waals surface area contributed by atoms with Crippen LogP contribution in [0.25, 0.3) is 0 Å². The summed E-state index contributed by atoms with van der Waals surface area (Å²) in [5.74, 6) is -4.46. The molecule has 0 aliphatic heterocycles. The van der Waals surface area contributed by atoms with Crippen LogP contribution in [0.4, 0.5) is 17.6 Å². The predicted molar refractivity (Wildman–Crippen MR) is 52.1 cm³/mol. The third kappa shape index (κ3) is 2.65. The molecule has 1 rings (SSSR count). The van der Waals surface area contributed by atoms with Crippen molar-refractivity contribution in [3.63, 3.8) is 0 Å². The molecule has 0 unspecified atom stereocenters. The normalized spacial score (nSPS) is 12.7. The Morgan fingerprint density at radius 1 is 1.06 bits per heavy atom. The molecule has 0 aliphatic rings. The van der Waals surface area contributed by atoms with E-state index in [9.17, 15) is 17.6 Å². The van der Waals surface area contributed by atoms with Gasteiger partial charge in [-0.15, -0.1) is 0 Å². The predicted octanol–water partition coefficient (Wildman–Crippen LogP) is 3.93. The van der Waals surface area contributed by atoms with Crippen molar-refractivity contribution in [3.8, 4) is 5.75 Å². The fourth-order valence-corrected chi connectivity index (χ4v) is 1.14. The highest BCUT2D eigenvalue weighted by molar-refractivity contribution is 5.35. The molecule has 0 bridgehead atoms. The van der Waals surface area contributed by atoms with E-state index in [1.165, 1.54) is 19.1 Å². The highest BCUT2D eigenvalue weighted by atomic mass is 19.3. The second-order valence-corrected chi connectivity index (χ2v) is 3.78. The Kier molecular flexibility index (Phi) is 3.17. The molecule has 0 spiro atoms. The third-order valence-corrected chi connectivity index (χ3v) is 2.08. The van der Waals surface area contributed by atoms with Gasteiger partial charge in [0, 0.05) is 6.92 Å². The van der Waals surface area contributed by atoms with Crippen molar-refractivity contribution in [1.29, 1.82) is 0 Å². The minimum absolute atomic E-state index is 0.122. The first-order valence-corrected chi connectivity index (χ1v) is 4.65. The lowest BCUT2D eigenvalue weighted by Crippen LogP contribution is -2.43. The summed E-state index contributed by atoms with van der Waals surface area (Å²) in [6.45, 7) is 3.41. The highest BCUT2D eigenvalue weighted by Gasteiger charge is 2.55. The van der Waals surface area contributed by atoms with Crippen LogP contribution in [0.5, 0.6) is 5.75 Å². The molecule has 0 amide bonds. The third-order valence-electron chi connectivity index (χ3n) is 2.08. The Morgan fingerprint density at radius 2 is 1.62 bits per heavy atom. The molecule has 0 fully saturated rings. The molecule has 16 heavy (non-hydrogen) atoms. The summed E-state index contributed by atoms with van der Waals surface area (Å²) in [6, 6.07) is 4.36. The molecule has 1 aromatic carbocycles. The van der Waals surface area contributed by atoms with Gasteiger partial charge in [0.25, 0.3) is 0 Å². The summed E-state index contributed by atoms with van der Waals surface area (Å²) in [5.41, 5.74) is 1.24. The number of benzene rings is 1. The fourth-order valence-electron chi connectivity index (χ4n) is 1.14. The Morgan fingerprint density at radius 3 is 2.06 bits per heavy atom. The highest BCUT2D eigenvalue weighted by Crippen LogP contribution is 2.36. The van der Waals surface area contributed by atoms with Gasteiger partial charge in [-0.1, -0.05) is 17.7 Å². The monoisotopic (exact) mass is 236 g/mol. The van der Waals surface area contributed by atoms with Gasteiger partial charge in [0.2, 0.25) is 0 Å². The van der Waals surface area contributed by atoms with E-state index in [-0.39, 0.29) is 12.7 Å². The van der Waals surface area contributed by atoms with E-state index in [0.717, 1.165) is 5.56 Å². The number of aryl methyl sites for hydroxylation is 2. The van der Waals surface area contributed by atoms with E-state index in [1.807, 2.05) is 0 Å². The smallest absolute Gasteiger partial charge is 0.428 e. The average Bonchev–Trinajstić information content (AvgIpc) is 2.08. The topological polar surface area (TPSA) is 9.23 Å². The molecule has 1 aromatic rings. The van der Waals surface area contributed by atoms with E-state index in [4.69, 9.17) is 0 Å². The van der Waals surface area contributed by atoms with Crippen molar-refractivity contribution < 1.29 is 22.3 Å². The zero-order valence-electron chi connectivity index (χ0n) is 9.15. The van der Waals surface area contributed by atoms with Crippen LogP contribution in [0.1, 0.15) is 18.1 Å². The zero-order chi connectivity index (χ0) is 12.6. The Bertz CT molecular complexity index is 382. The summed E-state index contributed by atoms with van der Waals surface area (Å²) >= 11 is 0. The van der Waals surface area contributed by atoms with Crippen molar-refractivity contribution >= 4 is 0 Å². The van der Waals surface area contributed by atoms with Crippen LogP contribution in [-0.4, -0.2) is 12.0 Å². The summed E-state index contributed by atoms with van der Waals surface area (Å²) in [6.07, 6.45) is -4.51. The van der Waals surface area contributed by atoms with Crippen LogP contribution >= 0.6 is 0 Å². The molecule has 5 heteroatoms. The maximum atomic E-state index is 12.9. The van der Waals surface area contributed by atoms with Crippen LogP contribution in [-0.2, 0) is 0 Å². The molecule has 0 saturated heterocycles. The first-order valence-electron chi connectivity index (χ1n) is 4.65. The number of hydrogen-bond acceptors (Lipinski definition) is 1. The maximum Gasteiger partial charge on any atom is 0.463 e. The second-order valence-electron chi connectivity index (χ2n) is 3.78. The van der Waals surface area contributed by atoms with Gasteiger partial charge < -0.3 is 4.74 Å². The molecule has 0 heterocycles. The molecule has 1 nitrogen and oxygen atoms in total. The Hall–Kier alpha value is -1.26. The summed E-state index contributed by atoms with van der Waals surface area (Å²) < 4.78 is 55.0. The van der Waals surface area contributed by atoms with Gasteiger partial charge in [-0.05, 0) is 25.5 Å². The summed E-state index contributed by atoms with van der Waals surface area (Å²) in [7, 11) is 0. The fraction of sp³-hybridized carbons (Fsp3) is 0.455. The van der Waals surface area contributed by atoms with E-state index >= 15 is 0 Å². The molecule has 0 atom stereocenters. The maximum absolute atomic E-state index is 12.9. The van der Waals surface area contributed by atoms with Crippen molar-refractivity contribution in [1.82, 2.24) is 0 Å². The van der Waals surface area contributed by atoms with Crippen molar-refractivity contribution in [2.24, 2.45) is 0 Å². The number of hydrogen-bond donors (Lipinski definition) is 0. The molecule has 0 aliphatic carbocycles. The Labute approximate surface area is 91.0 Å². The van der Waals surface area contributed by atoms with Gasteiger partial charge in [0.15, 0.2) is 0 Å². The molecular formula is C11H12F4O. The van der Waals surface area contributed by atoms with Crippen molar-refractivity contribution in [3.05, 3.63) is 29.3 Å². The number of rotatable bonds is 3. The van der Waals surface area contributed by atoms with E-state index in [1.54, 1.807) is 13.0 Å². The van der Waals surface area contributed by atoms with Crippen molar-refractivity contribution in [2.45, 2.75) is 32.8 Å². The van der Waals surface area contributed by atoms with Gasteiger partial charge in [-0.25, -0.2) is 0 Å². The van der Waals surface area contributed by atoms with E-state index in [0.29, 0.717) is 5.56 Å². The molecule has 90 valence electrons. The molecule has 0 saturated carbocycles. The zero-order valence-corrected chi connectivity index (χ0v) is 9.15. The van der Waals surface area contributed by atoms with Crippen LogP contribution in [0.2, 0.25) is 0 Å². The average molecular weight is 236 g/mol. The molecular weight excluding hydrogens is 224 g/mol. The number of ether oxygens (including phenoxy) is 1. The van der Waals surface area contributed by atoms with Crippen molar-refractivity contribution in [2.75, 3.05) is 0 Å². The van der Waals surface area contributed by atoms with Crippen LogP contribution in [0, 0.1) is 13.8 Å².